The standard InChI is InChI=1S/C11H14N2O6/c12-8(14)4-6(10(16)17)2-1-3-7(11(18)19)5-9(13)15/h4-5H,1-3H2,(H2,12,14)(H2,13,15)(H,16,17)(H,18,19). The minimum absolute atomic E-state index is 0.0539. The third-order valence-electron chi connectivity index (χ3n) is 2.07. The number of hydrogen-bond acceptors (Lipinski definition) is 4. The van der Waals surface area contributed by atoms with Gasteiger partial charge >= 0.3 is 11.9 Å². The highest BCUT2D eigenvalue weighted by Crippen LogP contribution is 2.13. The van der Waals surface area contributed by atoms with Crippen LogP contribution in [0.1, 0.15) is 19.3 Å². The molecule has 0 aromatic carbocycles. The van der Waals surface area contributed by atoms with Crippen LogP contribution < -0.4 is 11.5 Å². The second-order valence-electron chi connectivity index (χ2n) is 3.61. The predicted octanol–water partition coefficient (Wildman–Crippen LogP) is -0.851. The van der Waals surface area contributed by atoms with Gasteiger partial charge in [0.2, 0.25) is 11.8 Å². The van der Waals surface area contributed by atoms with Crippen LogP contribution in [-0.2, 0) is 19.2 Å². The molecule has 6 N–H and O–H groups in total. The van der Waals surface area contributed by atoms with Gasteiger partial charge in [-0.25, -0.2) is 9.59 Å². The van der Waals surface area contributed by atoms with Crippen molar-refractivity contribution in [3.63, 3.8) is 0 Å². The van der Waals surface area contributed by atoms with Crippen molar-refractivity contribution in [2.45, 2.75) is 19.3 Å². The summed E-state index contributed by atoms with van der Waals surface area (Å²) < 4.78 is 0. The van der Waals surface area contributed by atoms with Crippen LogP contribution in [0.25, 0.3) is 0 Å². The van der Waals surface area contributed by atoms with Gasteiger partial charge in [-0.3, -0.25) is 9.59 Å². The summed E-state index contributed by atoms with van der Waals surface area (Å²) in [5.41, 5.74) is 9.21. The van der Waals surface area contributed by atoms with Crippen molar-refractivity contribution >= 4 is 23.8 Å². The summed E-state index contributed by atoms with van der Waals surface area (Å²) in [6.07, 6.45) is 1.54. The third kappa shape index (κ3) is 7.31. The Morgan fingerprint density at radius 1 is 0.789 bits per heavy atom. The van der Waals surface area contributed by atoms with Crippen LogP contribution in [0.3, 0.4) is 0 Å². The molecule has 0 aromatic rings. The molecule has 0 saturated heterocycles. The Bertz CT molecular complexity index is 422. The van der Waals surface area contributed by atoms with Gasteiger partial charge in [0.1, 0.15) is 0 Å². The lowest BCUT2D eigenvalue weighted by molar-refractivity contribution is -0.133. The van der Waals surface area contributed by atoms with Gasteiger partial charge in [0.05, 0.1) is 0 Å². The molecule has 0 aliphatic carbocycles. The molecule has 2 amide bonds. The summed E-state index contributed by atoms with van der Waals surface area (Å²) in [4.78, 5) is 42.6. The number of carbonyl (C=O) groups is 4. The maximum atomic E-state index is 10.7. The zero-order chi connectivity index (χ0) is 15.0. The van der Waals surface area contributed by atoms with E-state index < -0.39 is 23.8 Å². The summed E-state index contributed by atoms with van der Waals surface area (Å²) in [6, 6.07) is 0. The summed E-state index contributed by atoms with van der Waals surface area (Å²) in [5.74, 6) is -4.42. The zero-order valence-electron chi connectivity index (χ0n) is 9.96. The number of amides is 2. The Morgan fingerprint density at radius 2 is 1.11 bits per heavy atom. The summed E-state index contributed by atoms with van der Waals surface area (Å²) in [6.45, 7) is 0. The number of rotatable bonds is 8. The monoisotopic (exact) mass is 270 g/mol. The van der Waals surface area contributed by atoms with Crippen molar-refractivity contribution < 1.29 is 29.4 Å². The lowest BCUT2D eigenvalue weighted by Gasteiger charge is -2.03. The molecule has 0 unspecified atom stereocenters. The molecule has 0 fully saturated rings. The fraction of sp³-hybridized carbons (Fsp3) is 0.273. The van der Waals surface area contributed by atoms with Gasteiger partial charge in [0.15, 0.2) is 0 Å². The third-order valence-corrected chi connectivity index (χ3v) is 2.07. The summed E-state index contributed by atoms with van der Waals surface area (Å²) in [7, 11) is 0. The molecule has 0 saturated carbocycles. The number of primary amides is 2. The smallest absolute Gasteiger partial charge is 0.331 e. The number of aliphatic carboxylic acids is 2. The molecule has 8 heteroatoms. The predicted molar refractivity (Wildman–Crippen MR) is 63.7 cm³/mol. The molecule has 0 atom stereocenters. The van der Waals surface area contributed by atoms with Crippen LogP contribution in [0.4, 0.5) is 0 Å². The van der Waals surface area contributed by atoms with Gasteiger partial charge in [-0.15, -0.1) is 0 Å². The molecule has 8 nitrogen and oxygen atoms in total. The van der Waals surface area contributed by atoms with E-state index in [4.69, 9.17) is 21.7 Å². The van der Waals surface area contributed by atoms with Gasteiger partial charge in [0, 0.05) is 23.3 Å². The van der Waals surface area contributed by atoms with Crippen LogP contribution in [0, 0.1) is 0 Å². The molecule has 0 bridgehead atoms. The van der Waals surface area contributed by atoms with E-state index in [-0.39, 0.29) is 30.4 Å². The van der Waals surface area contributed by atoms with Crippen molar-refractivity contribution in [3.05, 3.63) is 23.3 Å². The molecular weight excluding hydrogens is 256 g/mol. The van der Waals surface area contributed by atoms with Crippen LogP contribution >= 0.6 is 0 Å². The van der Waals surface area contributed by atoms with Gasteiger partial charge in [-0.05, 0) is 19.3 Å². The summed E-state index contributed by atoms with van der Waals surface area (Å²) in [5, 5.41) is 17.5. The maximum absolute atomic E-state index is 10.7. The highest BCUT2D eigenvalue weighted by atomic mass is 16.4. The Hall–Kier alpha value is -2.64. The van der Waals surface area contributed by atoms with E-state index in [9.17, 15) is 19.2 Å². The van der Waals surface area contributed by atoms with Crippen molar-refractivity contribution in [1.29, 1.82) is 0 Å². The van der Waals surface area contributed by atoms with E-state index in [2.05, 4.69) is 0 Å². The normalized spacial score (nSPS) is 12.0. The molecule has 19 heavy (non-hydrogen) atoms. The molecule has 0 aliphatic rings. The number of carboxylic acids is 2. The highest BCUT2D eigenvalue weighted by Gasteiger charge is 2.12. The lowest BCUT2D eigenvalue weighted by atomic mass is 10.0. The second kappa shape index (κ2) is 7.64. The SMILES string of the molecule is NC(=O)C=C(CCCC(=CC(N)=O)C(=O)O)C(=O)O. The van der Waals surface area contributed by atoms with Crippen molar-refractivity contribution in [1.82, 2.24) is 0 Å². The highest BCUT2D eigenvalue weighted by molar-refractivity contribution is 5.97. The Kier molecular flexibility index (Phi) is 6.58. The molecule has 104 valence electrons. The topological polar surface area (TPSA) is 161 Å². The molecule has 0 aromatic heterocycles. The summed E-state index contributed by atoms with van der Waals surface area (Å²) >= 11 is 0. The van der Waals surface area contributed by atoms with Crippen molar-refractivity contribution in [3.8, 4) is 0 Å². The Balaban J connectivity index is 4.64. The maximum Gasteiger partial charge on any atom is 0.331 e. The van der Waals surface area contributed by atoms with Gasteiger partial charge < -0.3 is 21.7 Å². The minimum atomic E-state index is -1.31. The van der Waals surface area contributed by atoms with E-state index in [1.165, 1.54) is 0 Å². The van der Waals surface area contributed by atoms with E-state index >= 15 is 0 Å². The van der Waals surface area contributed by atoms with E-state index in [0.717, 1.165) is 12.2 Å². The number of carbonyl (C=O) groups excluding carboxylic acids is 2. The van der Waals surface area contributed by atoms with Crippen molar-refractivity contribution in [2.24, 2.45) is 11.5 Å². The molecule has 0 aliphatic heterocycles. The van der Waals surface area contributed by atoms with Gasteiger partial charge in [-0.1, -0.05) is 0 Å². The number of carboxylic acid groups (broad SMARTS) is 2. The Labute approximate surface area is 108 Å². The zero-order valence-corrected chi connectivity index (χ0v) is 9.96. The average molecular weight is 270 g/mol. The molecule has 0 spiro atoms. The van der Waals surface area contributed by atoms with Gasteiger partial charge in [0.25, 0.3) is 0 Å². The first-order valence-corrected chi connectivity index (χ1v) is 5.20. The molecule has 0 rings (SSSR count). The first-order valence-electron chi connectivity index (χ1n) is 5.20. The molecule has 0 radical (unpaired) electrons. The van der Waals surface area contributed by atoms with E-state index in [0.29, 0.717) is 0 Å². The molecular formula is C11H14N2O6. The van der Waals surface area contributed by atoms with E-state index in [1.807, 2.05) is 0 Å². The number of nitrogens with two attached hydrogens (primary N) is 2. The van der Waals surface area contributed by atoms with Crippen LogP contribution in [0.2, 0.25) is 0 Å². The minimum Gasteiger partial charge on any atom is -0.478 e. The fourth-order valence-corrected chi connectivity index (χ4v) is 1.29. The Morgan fingerprint density at radius 3 is 1.32 bits per heavy atom. The first-order chi connectivity index (χ1) is 8.73. The molecule has 0 heterocycles. The van der Waals surface area contributed by atoms with Crippen LogP contribution in [-0.4, -0.2) is 34.0 Å². The fourth-order valence-electron chi connectivity index (χ4n) is 1.29. The largest absolute Gasteiger partial charge is 0.478 e. The van der Waals surface area contributed by atoms with Crippen molar-refractivity contribution in [2.75, 3.05) is 0 Å². The average Bonchev–Trinajstić information content (AvgIpc) is 2.24. The van der Waals surface area contributed by atoms with Crippen LogP contribution in [0.5, 0.6) is 0 Å². The quantitative estimate of drug-likeness (QED) is 0.420. The first kappa shape index (κ1) is 16.4. The lowest BCUT2D eigenvalue weighted by Crippen LogP contribution is -2.12. The second-order valence-corrected chi connectivity index (χ2v) is 3.61. The van der Waals surface area contributed by atoms with Crippen LogP contribution in [0.15, 0.2) is 23.3 Å². The van der Waals surface area contributed by atoms with Gasteiger partial charge in [-0.2, -0.15) is 0 Å². The van der Waals surface area contributed by atoms with E-state index in [1.54, 1.807) is 0 Å². The number of hydrogen-bond donors (Lipinski definition) is 4.